The Hall–Kier alpha value is -3.81. The number of rotatable bonds is 4. The predicted molar refractivity (Wildman–Crippen MR) is 103 cm³/mol. The number of nitrogens with zero attached hydrogens (tertiary/aromatic N) is 2. The SMILES string of the molecule is C[n+]1c2ccccc2c(C(=O)[O-])c2cccc(CCOC(=O)N3C(=O)CCC3=O)c21. The molecule has 30 heavy (non-hydrogen) atoms. The van der Waals surface area contributed by atoms with Crippen molar-refractivity contribution in [2.24, 2.45) is 7.05 Å². The number of aryl methyl sites for hydroxylation is 1. The van der Waals surface area contributed by atoms with Crippen LogP contribution in [-0.2, 0) is 27.8 Å². The topological polar surface area (TPSA) is 108 Å². The molecule has 1 aliphatic heterocycles. The molecule has 1 fully saturated rings. The van der Waals surface area contributed by atoms with Gasteiger partial charge in [-0.15, -0.1) is 0 Å². The smallest absolute Gasteiger partial charge is 0.423 e. The van der Waals surface area contributed by atoms with Crippen molar-refractivity contribution in [3.63, 3.8) is 0 Å². The van der Waals surface area contributed by atoms with E-state index in [0.717, 1.165) is 11.1 Å². The number of aromatic nitrogens is 1. The van der Waals surface area contributed by atoms with Crippen molar-refractivity contribution < 1.29 is 33.6 Å². The second-order valence-corrected chi connectivity index (χ2v) is 7.04. The molecule has 0 bridgehead atoms. The number of amides is 3. The first kappa shape index (κ1) is 19.5. The van der Waals surface area contributed by atoms with Gasteiger partial charge in [0.05, 0.1) is 23.3 Å². The number of carbonyl (C=O) groups is 4. The van der Waals surface area contributed by atoms with Crippen molar-refractivity contribution in [3.05, 3.63) is 53.6 Å². The molecule has 4 rings (SSSR count). The van der Waals surface area contributed by atoms with Crippen LogP contribution in [0.25, 0.3) is 21.8 Å². The van der Waals surface area contributed by atoms with Crippen molar-refractivity contribution in [2.45, 2.75) is 19.3 Å². The molecule has 0 N–H and O–H groups in total. The van der Waals surface area contributed by atoms with E-state index in [-0.39, 0.29) is 31.4 Å². The van der Waals surface area contributed by atoms with Crippen molar-refractivity contribution >= 4 is 45.7 Å². The lowest BCUT2D eigenvalue weighted by atomic mass is 9.98. The Bertz CT molecular complexity index is 1220. The molecule has 0 spiro atoms. The Morgan fingerprint density at radius 3 is 2.40 bits per heavy atom. The minimum absolute atomic E-state index is 0.00612. The van der Waals surface area contributed by atoms with Crippen LogP contribution in [0, 0.1) is 0 Å². The number of pyridine rings is 1. The standard InChI is InChI=1S/C22H18N2O6/c1-23-16-8-3-2-6-14(16)19(21(27)28)15-7-4-5-13(20(15)23)11-12-30-22(29)24-17(25)9-10-18(24)26/h2-8H,9-12H2,1H3. The van der Waals surface area contributed by atoms with E-state index in [2.05, 4.69) is 0 Å². The van der Waals surface area contributed by atoms with Gasteiger partial charge in [-0.25, -0.2) is 4.79 Å². The Kier molecular flexibility index (Phi) is 4.91. The fourth-order valence-corrected chi connectivity index (χ4v) is 3.95. The van der Waals surface area contributed by atoms with Gasteiger partial charge in [-0.2, -0.15) is 9.47 Å². The zero-order valence-corrected chi connectivity index (χ0v) is 16.2. The number of likely N-dealkylation sites (tertiary alicyclic amines) is 1. The Morgan fingerprint density at radius 2 is 1.70 bits per heavy atom. The van der Waals surface area contributed by atoms with Crippen molar-refractivity contribution in [1.82, 2.24) is 4.90 Å². The van der Waals surface area contributed by atoms with E-state index < -0.39 is 23.9 Å². The van der Waals surface area contributed by atoms with E-state index in [1.807, 2.05) is 29.8 Å². The minimum Gasteiger partial charge on any atom is -0.545 e. The fraction of sp³-hybridized carbons (Fsp3) is 0.227. The van der Waals surface area contributed by atoms with Gasteiger partial charge in [0.2, 0.25) is 22.8 Å². The van der Waals surface area contributed by atoms with Crippen LogP contribution in [0.4, 0.5) is 4.79 Å². The molecule has 1 saturated heterocycles. The maximum absolute atomic E-state index is 12.1. The summed E-state index contributed by atoms with van der Waals surface area (Å²) in [6.45, 7) is -0.0670. The molecular formula is C22H18N2O6. The molecule has 2 aromatic carbocycles. The highest BCUT2D eigenvalue weighted by Crippen LogP contribution is 2.26. The van der Waals surface area contributed by atoms with E-state index in [0.29, 0.717) is 21.2 Å². The van der Waals surface area contributed by atoms with Gasteiger partial charge < -0.3 is 14.6 Å². The summed E-state index contributed by atoms with van der Waals surface area (Å²) in [5.74, 6) is -2.40. The van der Waals surface area contributed by atoms with Crippen LogP contribution in [0.2, 0.25) is 0 Å². The third-order valence-corrected chi connectivity index (χ3v) is 5.29. The van der Waals surface area contributed by atoms with E-state index in [1.165, 1.54) is 0 Å². The van der Waals surface area contributed by atoms with E-state index in [1.54, 1.807) is 24.3 Å². The summed E-state index contributed by atoms with van der Waals surface area (Å²) in [4.78, 5) is 47.8. The van der Waals surface area contributed by atoms with Gasteiger partial charge in [0.1, 0.15) is 7.05 Å². The molecular weight excluding hydrogens is 388 g/mol. The monoisotopic (exact) mass is 406 g/mol. The van der Waals surface area contributed by atoms with Crippen LogP contribution in [0.1, 0.15) is 28.8 Å². The maximum atomic E-state index is 12.1. The first-order chi connectivity index (χ1) is 14.4. The number of para-hydroxylation sites is 2. The summed E-state index contributed by atoms with van der Waals surface area (Å²) in [6, 6.07) is 12.4. The molecule has 3 aromatic rings. The second kappa shape index (κ2) is 7.55. The van der Waals surface area contributed by atoms with Crippen LogP contribution >= 0.6 is 0 Å². The van der Waals surface area contributed by atoms with E-state index >= 15 is 0 Å². The predicted octanol–water partition coefficient (Wildman–Crippen LogP) is 1.01. The molecule has 0 aliphatic carbocycles. The summed E-state index contributed by atoms with van der Waals surface area (Å²) in [5, 5.41) is 13.0. The van der Waals surface area contributed by atoms with Crippen molar-refractivity contribution in [2.75, 3.05) is 6.61 Å². The summed E-state index contributed by atoms with van der Waals surface area (Å²) in [6.07, 6.45) is -0.691. The third kappa shape index (κ3) is 3.16. The molecule has 0 radical (unpaired) electrons. The first-order valence-electron chi connectivity index (χ1n) is 9.46. The van der Waals surface area contributed by atoms with E-state index in [4.69, 9.17) is 4.74 Å². The van der Waals surface area contributed by atoms with Crippen LogP contribution in [0.3, 0.4) is 0 Å². The number of hydrogen-bond donors (Lipinski definition) is 0. The minimum atomic E-state index is -1.27. The molecule has 0 saturated carbocycles. The Morgan fingerprint density at radius 1 is 1.03 bits per heavy atom. The number of ether oxygens (including phenoxy) is 1. The van der Waals surface area contributed by atoms with Gasteiger partial charge in [-0.1, -0.05) is 24.3 Å². The van der Waals surface area contributed by atoms with Crippen LogP contribution in [-0.4, -0.2) is 35.4 Å². The first-order valence-corrected chi connectivity index (χ1v) is 9.46. The van der Waals surface area contributed by atoms with Gasteiger partial charge in [-0.05, 0) is 12.1 Å². The summed E-state index contributed by atoms with van der Waals surface area (Å²) in [5.41, 5.74) is 2.27. The number of imide groups is 3. The lowest BCUT2D eigenvalue weighted by Gasteiger charge is -2.14. The molecule has 0 atom stereocenters. The maximum Gasteiger partial charge on any atom is 0.423 e. The molecule has 0 unspecified atom stereocenters. The zero-order chi connectivity index (χ0) is 21.4. The van der Waals surface area contributed by atoms with Crippen LogP contribution < -0.4 is 9.67 Å². The lowest BCUT2D eigenvalue weighted by Crippen LogP contribution is -2.36. The summed E-state index contributed by atoms with van der Waals surface area (Å²) in [7, 11) is 1.83. The highest BCUT2D eigenvalue weighted by atomic mass is 16.6. The molecule has 152 valence electrons. The lowest BCUT2D eigenvalue weighted by molar-refractivity contribution is -0.618. The van der Waals surface area contributed by atoms with Crippen molar-refractivity contribution in [3.8, 4) is 0 Å². The molecule has 8 nitrogen and oxygen atoms in total. The number of benzene rings is 2. The number of carboxylic acid groups (broad SMARTS) is 1. The Balaban J connectivity index is 1.69. The third-order valence-electron chi connectivity index (χ3n) is 5.29. The molecule has 2 heterocycles. The molecule has 3 amide bonds. The normalized spacial score (nSPS) is 14.0. The number of carboxylic acids is 1. The van der Waals surface area contributed by atoms with Crippen LogP contribution in [0.5, 0.6) is 0 Å². The number of aromatic carboxylic acids is 1. The molecule has 1 aromatic heterocycles. The summed E-state index contributed by atoms with van der Waals surface area (Å²) < 4.78 is 7.02. The van der Waals surface area contributed by atoms with Gasteiger partial charge in [0, 0.05) is 36.5 Å². The van der Waals surface area contributed by atoms with Gasteiger partial charge in [0.15, 0.2) is 0 Å². The van der Waals surface area contributed by atoms with Gasteiger partial charge >= 0.3 is 6.09 Å². The fourth-order valence-electron chi connectivity index (χ4n) is 3.95. The average Bonchev–Trinajstić information content (AvgIpc) is 3.06. The number of hydrogen-bond acceptors (Lipinski definition) is 6. The highest BCUT2D eigenvalue weighted by molar-refractivity contribution is 6.13. The van der Waals surface area contributed by atoms with Crippen molar-refractivity contribution in [1.29, 1.82) is 0 Å². The summed E-state index contributed by atoms with van der Waals surface area (Å²) >= 11 is 0. The quantitative estimate of drug-likeness (QED) is 0.364. The Labute approximate surface area is 171 Å². The number of fused-ring (bicyclic) bond motifs is 2. The van der Waals surface area contributed by atoms with Gasteiger partial charge in [0.25, 0.3) is 0 Å². The van der Waals surface area contributed by atoms with E-state index in [9.17, 15) is 24.3 Å². The molecule has 8 heteroatoms. The second-order valence-electron chi connectivity index (χ2n) is 7.04. The van der Waals surface area contributed by atoms with Crippen LogP contribution in [0.15, 0.2) is 42.5 Å². The molecule has 1 aliphatic rings. The zero-order valence-electron chi connectivity index (χ0n) is 16.2. The highest BCUT2D eigenvalue weighted by Gasteiger charge is 2.35. The van der Waals surface area contributed by atoms with Gasteiger partial charge in [-0.3, -0.25) is 9.59 Å². The average molecular weight is 406 g/mol. The number of carbonyl (C=O) groups excluding carboxylic acids is 4. The largest absolute Gasteiger partial charge is 0.545 e.